The van der Waals surface area contributed by atoms with E-state index in [2.05, 4.69) is 5.32 Å². The number of sulfonamides is 1. The third kappa shape index (κ3) is 5.06. The summed E-state index contributed by atoms with van der Waals surface area (Å²) in [6, 6.07) is 20.5. The van der Waals surface area contributed by atoms with E-state index in [1.54, 1.807) is 55.6 Å². The topological polar surface area (TPSA) is 75.7 Å². The summed E-state index contributed by atoms with van der Waals surface area (Å²) in [5.41, 5.74) is 2.86. The van der Waals surface area contributed by atoms with Crippen LogP contribution in [0, 0.1) is 6.92 Å². The molecule has 0 fully saturated rings. The average molecular weight is 439 g/mol. The molecule has 3 rings (SSSR count). The molecule has 7 heteroatoms. The zero-order chi connectivity index (χ0) is 22.6. The van der Waals surface area contributed by atoms with Gasteiger partial charge in [-0.1, -0.05) is 29.8 Å². The minimum absolute atomic E-state index is 0.192. The van der Waals surface area contributed by atoms with Gasteiger partial charge in [0.1, 0.15) is 5.75 Å². The fourth-order valence-electron chi connectivity index (χ4n) is 3.09. The van der Waals surface area contributed by atoms with Gasteiger partial charge >= 0.3 is 0 Å². The van der Waals surface area contributed by atoms with Gasteiger partial charge in [-0.15, -0.1) is 0 Å². The van der Waals surface area contributed by atoms with Gasteiger partial charge in [-0.3, -0.25) is 9.10 Å². The second-order valence-corrected chi connectivity index (χ2v) is 9.27. The van der Waals surface area contributed by atoms with Crippen molar-refractivity contribution < 1.29 is 17.9 Å². The highest BCUT2D eigenvalue weighted by molar-refractivity contribution is 7.92. The summed E-state index contributed by atoms with van der Waals surface area (Å²) < 4.78 is 32.1. The van der Waals surface area contributed by atoms with E-state index in [9.17, 15) is 13.2 Å². The van der Waals surface area contributed by atoms with Crippen molar-refractivity contribution >= 4 is 21.6 Å². The SMILES string of the molecule is COc1ccc([C@H](C)NC(=O)c2ccc(N(C)S(=O)(=O)c3ccc(C)cc3)cc2)cc1. The minimum Gasteiger partial charge on any atom is -0.497 e. The molecule has 3 aromatic rings. The van der Waals surface area contributed by atoms with Crippen molar-refractivity contribution in [2.24, 2.45) is 0 Å². The fraction of sp³-hybridized carbons (Fsp3) is 0.208. The summed E-state index contributed by atoms with van der Waals surface area (Å²) in [6.07, 6.45) is 0. The van der Waals surface area contributed by atoms with Gasteiger partial charge in [-0.05, 0) is 67.9 Å². The molecule has 0 aromatic heterocycles. The first-order valence-corrected chi connectivity index (χ1v) is 11.3. The molecule has 1 atom stereocenters. The Morgan fingerprint density at radius 1 is 0.935 bits per heavy atom. The highest BCUT2D eigenvalue weighted by Crippen LogP contribution is 2.23. The molecule has 0 radical (unpaired) electrons. The summed E-state index contributed by atoms with van der Waals surface area (Å²) in [5, 5.41) is 2.95. The summed E-state index contributed by atoms with van der Waals surface area (Å²) in [7, 11) is -0.580. The number of aryl methyl sites for hydroxylation is 1. The van der Waals surface area contributed by atoms with Crippen LogP contribution in [0.2, 0.25) is 0 Å². The van der Waals surface area contributed by atoms with Crippen molar-refractivity contribution in [3.63, 3.8) is 0 Å². The number of rotatable bonds is 7. The van der Waals surface area contributed by atoms with E-state index in [-0.39, 0.29) is 16.8 Å². The van der Waals surface area contributed by atoms with Crippen molar-refractivity contribution in [3.8, 4) is 5.75 Å². The smallest absolute Gasteiger partial charge is 0.264 e. The molecule has 0 heterocycles. The predicted octanol–water partition coefficient (Wildman–Crippen LogP) is 4.32. The number of amides is 1. The molecule has 0 saturated heterocycles. The fourth-order valence-corrected chi connectivity index (χ4v) is 4.28. The maximum Gasteiger partial charge on any atom is 0.264 e. The first-order chi connectivity index (χ1) is 14.7. The number of ether oxygens (including phenoxy) is 1. The maximum atomic E-state index is 12.8. The Bertz CT molecular complexity index is 1140. The van der Waals surface area contributed by atoms with Crippen LogP contribution in [-0.2, 0) is 10.0 Å². The molecule has 0 bridgehead atoms. The lowest BCUT2D eigenvalue weighted by molar-refractivity contribution is 0.0940. The van der Waals surface area contributed by atoms with Crippen molar-refractivity contribution in [3.05, 3.63) is 89.5 Å². The number of nitrogens with one attached hydrogen (secondary N) is 1. The van der Waals surface area contributed by atoms with Gasteiger partial charge in [0.25, 0.3) is 15.9 Å². The van der Waals surface area contributed by atoms with Crippen LogP contribution in [0.4, 0.5) is 5.69 Å². The number of carbonyl (C=O) groups is 1. The number of hydrogen-bond acceptors (Lipinski definition) is 4. The largest absolute Gasteiger partial charge is 0.497 e. The molecule has 162 valence electrons. The molecule has 1 N–H and O–H groups in total. The molecular weight excluding hydrogens is 412 g/mol. The lowest BCUT2D eigenvalue weighted by atomic mass is 10.1. The average Bonchev–Trinajstić information content (AvgIpc) is 2.79. The Kier molecular flexibility index (Phi) is 6.65. The van der Waals surface area contributed by atoms with Gasteiger partial charge in [0, 0.05) is 12.6 Å². The van der Waals surface area contributed by atoms with Crippen LogP contribution >= 0.6 is 0 Å². The standard InChI is InChI=1S/C24H26N2O4S/c1-17-5-15-23(16-6-17)31(28,29)26(3)21-11-7-20(8-12-21)24(27)25-18(2)19-9-13-22(30-4)14-10-19/h5-16,18H,1-4H3,(H,25,27)/t18-/m0/s1. The second-order valence-electron chi connectivity index (χ2n) is 7.30. The Hall–Kier alpha value is -3.32. The highest BCUT2D eigenvalue weighted by atomic mass is 32.2. The van der Waals surface area contributed by atoms with Gasteiger partial charge in [-0.25, -0.2) is 8.42 Å². The summed E-state index contributed by atoms with van der Waals surface area (Å²) in [6.45, 7) is 3.80. The zero-order valence-electron chi connectivity index (χ0n) is 18.0. The Labute approximate surface area is 183 Å². The van der Waals surface area contributed by atoms with Crippen molar-refractivity contribution in [1.29, 1.82) is 0 Å². The van der Waals surface area contributed by atoms with Crippen LogP contribution in [-0.4, -0.2) is 28.5 Å². The molecule has 31 heavy (non-hydrogen) atoms. The lowest BCUT2D eigenvalue weighted by Gasteiger charge is -2.20. The van der Waals surface area contributed by atoms with Gasteiger partial charge in [0.15, 0.2) is 0 Å². The van der Waals surface area contributed by atoms with Crippen molar-refractivity contribution in [2.45, 2.75) is 24.8 Å². The summed E-state index contributed by atoms with van der Waals surface area (Å²) >= 11 is 0. The van der Waals surface area contributed by atoms with E-state index in [0.29, 0.717) is 11.3 Å². The van der Waals surface area contributed by atoms with Crippen molar-refractivity contribution in [2.75, 3.05) is 18.5 Å². The minimum atomic E-state index is -3.68. The quantitative estimate of drug-likeness (QED) is 0.596. The molecule has 0 aliphatic rings. The number of hydrogen-bond donors (Lipinski definition) is 1. The third-order valence-electron chi connectivity index (χ3n) is 5.14. The van der Waals surface area contributed by atoms with E-state index in [0.717, 1.165) is 16.9 Å². The van der Waals surface area contributed by atoms with E-state index in [1.807, 2.05) is 38.1 Å². The molecular formula is C24H26N2O4S. The Balaban J connectivity index is 1.71. The molecule has 0 aliphatic carbocycles. The van der Waals surface area contributed by atoms with Crippen LogP contribution in [0.1, 0.15) is 34.5 Å². The number of nitrogens with zero attached hydrogens (tertiary/aromatic N) is 1. The van der Waals surface area contributed by atoms with E-state index in [4.69, 9.17) is 4.74 Å². The predicted molar refractivity (Wildman–Crippen MR) is 122 cm³/mol. The Morgan fingerprint density at radius 3 is 2.06 bits per heavy atom. The number of methoxy groups -OCH3 is 1. The first-order valence-electron chi connectivity index (χ1n) is 9.83. The molecule has 6 nitrogen and oxygen atoms in total. The number of carbonyl (C=O) groups excluding carboxylic acids is 1. The van der Waals surface area contributed by atoms with Gasteiger partial charge < -0.3 is 10.1 Å². The van der Waals surface area contributed by atoms with Gasteiger partial charge in [0.05, 0.1) is 23.7 Å². The zero-order valence-corrected chi connectivity index (χ0v) is 18.8. The van der Waals surface area contributed by atoms with Crippen molar-refractivity contribution in [1.82, 2.24) is 5.32 Å². The van der Waals surface area contributed by atoms with Crippen LogP contribution in [0.3, 0.4) is 0 Å². The molecule has 3 aromatic carbocycles. The summed E-state index contributed by atoms with van der Waals surface area (Å²) in [4.78, 5) is 12.8. The number of anilines is 1. The van der Waals surface area contributed by atoms with E-state index in [1.165, 1.54) is 11.4 Å². The van der Waals surface area contributed by atoms with Crippen LogP contribution in [0.25, 0.3) is 0 Å². The molecule has 0 aliphatic heterocycles. The Morgan fingerprint density at radius 2 is 1.52 bits per heavy atom. The molecule has 0 spiro atoms. The van der Waals surface area contributed by atoms with Crippen LogP contribution in [0.15, 0.2) is 77.7 Å². The molecule has 0 unspecified atom stereocenters. The molecule has 0 saturated carbocycles. The van der Waals surface area contributed by atoms with E-state index < -0.39 is 10.0 Å². The van der Waals surface area contributed by atoms with Crippen LogP contribution in [0.5, 0.6) is 5.75 Å². The van der Waals surface area contributed by atoms with Gasteiger partial charge in [-0.2, -0.15) is 0 Å². The first kappa shape index (κ1) is 22.4. The normalized spacial score (nSPS) is 12.1. The van der Waals surface area contributed by atoms with Crippen LogP contribution < -0.4 is 14.4 Å². The maximum absolute atomic E-state index is 12.8. The lowest BCUT2D eigenvalue weighted by Crippen LogP contribution is -2.28. The number of benzene rings is 3. The van der Waals surface area contributed by atoms with E-state index >= 15 is 0 Å². The second kappa shape index (κ2) is 9.22. The monoisotopic (exact) mass is 438 g/mol. The highest BCUT2D eigenvalue weighted by Gasteiger charge is 2.21. The molecule has 1 amide bonds. The summed E-state index contributed by atoms with van der Waals surface area (Å²) in [5.74, 6) is 0.515. The third-order valence-corrected chi connectivity index (χ3v) is 6.94. The van der Waals surface area contributed by atoms with Gasteiger partial charge in [0.2, 0.25) is 0 Å².